The summed E-state index contributed by atoms with van der Waals surface area (Å²) in [4.78, 5) is 5.72. The summed E-state index contributed by atoms with van der Waals surface area (Å²) in [5, 5.41) is 9.07. The summed E-state index contributed by atoms with van der Waals surface area (Å²) in [5.41, 5.74) is 1.34. The molecule has 2 heterocycles. The predicted molar refractivity (Wildman–Crippen MR) is 98.2 cm³/mol. The third-order valence-corrected chi connectivity index (χ3v) is 6.52. The summed E-state index contributed by atoms with van der Waals surface area (Å²) in [6.07, 6.45) is 2.22. The molecule has 2 N–H and O–H groups in total. The molecule has 0 bridgehead atoms. The lowest BCUT2D eigenvalue weighted by Gasteiger charge is -2.37. The summed E-state index contributed by atoms with van der Waals surface area (Å²) in [5.74, 6) is 2.03. The van der Waals surface area contributed by atoms with Gasteiger partial charge in [-0.15, -0.1) is 11.3 Å². The number of guanidine groups is 1. The van der Waals surface area contributed by atoms with Crippen LogP contribution in [-0.4, -0.2) is 43.3 Å². The van der Waals surface area contributed by atoms with E-state index in [0.717, 1.165) is 50.9 Å². The minimum absolute atomic E-state index is 0.281. The molecule has 0 radical (unpaired) electrons. The van der Waals surface area contributed by atoms with Gasteiger partial charge in [-0.2, -0.15) is 11.8 Å². The summed E-state index contributed by atoms with van der Waals surface area (Å²) >= 11 is 3.84. The fourth-order valence-corrected chi connectivity index (χ4v) is 4.72. The maximum Gasteiger partial charge on any atom is 0.191 e. The van der Waals surface area contributed by atoms with Crippen molar-refractivity contribution < 1.29 is 4.74 Å². The van der Waals surface area contributed by atoms with E-state index in [4.69, 9.17) is 4.74 Å². The molecule has 0 saturated carbocycles. The van der Waals surface area contributed by atoms with Crippen molar-refractivity contribution in [3.05, 3.63) is 21.9 Å². The molecule has 0 amide bonds. The molecule has 1 aliphatic heterocycles. The normalized spacial score (nSPS) is 18.2. The first-order chi connectivity index (χ1) is 10.7. The Bertz CT molecular complexity index is 476. The summed E-state index contributed by atoms with van der Waals surface area (Å²) in [6.45, 7) is 7.90. The molecule has 0 unspecified atom stereocenters. The summed E-state index contributed by atoms with van der Waals surface area (Å²) in [6, 6.07) is 2.16. The lowest BCUT2D eigenvalue weighted by atomic mass is 9.99. The molecule has 1 fully saturated rings. The zero-order chi connectivity index (χ0) is 15.8. The van der Waals surface area contributed by atoms with E-state index in [1.807, 2.05) is 18.8 Å². The van der Waals surface area contributed by atoms with Crippen LogP contribution < -0.4 is 10.6 Å². The van der Waals surface area contributed by atoms with E-state index in [1.165, 1.54) is 10.4 Å². The zero-order valence-corrected chi connectivity index (χ0v) is 15.4. The molecule has 2 rings (SSSR count). The Hall–Kier alpha value is -0.720. The highest BCUT2D eigenvalue weighted by Crippen LogP contribution is 2.34. The summed E-state index contributed by atoms with van der Waals surface area (Å²) < 4.78 is 5.81. The fourth-order valence-electron chi connectivity index (χ4n) is 2.64. The number of aryl methyl sites for hydroxylation is 1. The highest BCUT2D eigenvalue weighted by molar-refractivity contribution is 8.00. The molecule has 0 aliphatic carbocycles. The number of thioether (sulfide) groups is 1. The van der Waals surface area contributed by atoms with Crippen molar-refractivity contribution in [2.75, 3.05) is 32.6 Å². The van der Waals surface area contributed by atoms with Crippen LogP contribution in [0.25, 0.3) is 0 Å². The Labute approximate surface area is 142 Å². The van der Waals surface area contributed by atoms with Crippen LogP contribution in [0.1, 0.15) is 30.2 Å². The minimum atomic E-state index is 0.281. The Balaban J connectivity index is 1.85. The lowest BCUT2D eigenvalue weighted by molar-refractivity contribution is 0.0782. The second-order valence-electron chi connectivity index (χ2n) is 5.53. The Kier molecular flexibility index (Phi) is 7.05. The average molecular weight is 342 g/mol. The topological polar surface area (TPSA) is 45.7 Å². The number of aliphatic imine (C=N–C) groups is 1. The van der Waals surface area contributed by atoms with Crippen LogP contribution in [0.15, 0.2) is 16.4 Å². The number of nitrogens with one attached hydrogen (secondary N) is 2. The van der Waals surface area contributed by atoms with E-state index in [1.54, 1.807) is 11.3 Å². The van der Waals surface area contributed by atoms with Crippen molar-refractivity contribution in [1.82, 2.24) is 10.6 Å². The molecular formula is C16H27N3OS2. The van der Waals surface area contributed by atoms with Gasteiger partial charge in [-0.25, -0.2) is 0 Å². The van der Waals surface area contributed by atoms with Crippen LogP contribution in [0.2, 0.25) is 0 Å². The number of hydrogen-bond donors (Lipinski definition) is 2. The number of thiophene rings is 1. The monoisotopic (exact) mass is 341 g/mol. The van der Waals surface area contributed by atoms with Crippen molar-refractivity contribution >= 4 is 29.1 Å². The number of nitrogens with zero attached hydrogens (tertiary/aromatic N) is 1. The second-order valence-corrected chi connectivity index (χ2v) is 8.27. The van der Waals surface area contributed by atoms with Crippen LogP contribution in [0.5, 0.6) is 0 Å². The Morgan fingerprint density at radius 1 is 1.41 bits per heavy atom. The van der Waals surface area contributed by atoms with Crippen LogP contribution in [-0.2, 0) is 11.3 Å². The standard InChI is InChI=1S/C16H27N3OS2/c1-4-22-16(6-8-20-9-7-16)12-19-15(17-3)18-11-14-13(2)5-10-21-14/h5,10H,4,6-9,11-12H2,1-3H3,(H2,17,18,19). The average Bonchev–Trinajstić information content (AvgIpc) is 2.94. The van der Waals surface area contributed by atoms with E-state index in [9.17, 15) is 0 Å². The minimum Gasteiger partial charge on any atom is -0.381 e. The largest absolute Gasteiger partial charge is 0.381 e. The third-order valence-electron chi connectivity index (χ3n) is 4.04. The van der Waals surface area contributed by atoms with Crippen LogP contribution in [0.4, 0.5) is 0 Å². The molecule has 1 aromatic rings. The molecule has 0 atom stereocenters. The fraction of sp³-hybridized carbons (Fsp3) is 0.688. The smallest absolute Gasteiger partial charge is 0.191 e. The van der Waals surface area contributed by atoms with Gasteiger partial charge in [0.1, 0.15) is 0 Å². The molecule has 124 valence electrons. The number of ether oxygens (including phenoxy) is 1. The highest BCUT2D eigenvalue weighted by atomic mass is 32.2. The van der Waals surface area contributed by atoms with Gasteiger partial charge in [-0.1, -0.05) is 6.92 Å². The molecule has 1 saturated heterocycles. The van der Waals surface area contributed by atoms with Crippen molar-refractivity contribution in [3.63, 3.8) is 0 Å². The van der Waals surface area contributed by atoms with Gasteiger partial charge in [-0.05, 0) is 42.5 Å². The van der Waals surface area contributed by atoms with E-state index >= 15 is 0 Å². The van der Waals surface area contributed by atoms with Crippen LogP contribution in [0, 0.1) is 6.92 Å². The first-order valence-corrected chi connectivity index (χ1v) is 9.75. The van der Waals surface area contributed by atoms with Crippen molar-refractivity contribution in [2.45, 2.75) is 38.0 Å². The SMILES string of the molecule is CCSC1(CNC(=NC)NCc2sccc2C)CCOCC1. The molecule has 1 aromatic heterocycles. The van der Waals surface area contributed by atoms with Gasteiger partial charge in [0.2, 0.25) is 0 Å². The van der Waals surface area contributed by atoms with E-state index in [2.05, 4.69) is 40.9 Å². The quantitative estimate of drug-likeness (QED) is 0.617. The first kappa shape index (κ1) is 17.6. The Morgan fingerprint density at radius 2 is 2.18 bits per heavy atom. The molecule has 22 heavy (non-hydrogen) atoms. The predicted octanol–water partition coefficient (Wildman–Crippen LogP) is 3.02. The van der Waals surface area contributed by atoms with Gasteiger partial charge < -0.3 is 15.4 Å². The molecule has 6 heteroatoms. The highest BCUT2D eigenvalue weighted by Gasteiger charge is 2.32. The third kappa shape index (κ3) is 4.89. The van der Waals surface area contributed by atoms with E-state index < -0.39 is 0 Å². The second kappa shape index (κ2) is 8.79. The zero-order valence-electron chi connectivity index (χ0n) is 13.8. The van der Waals surface area contributed by atoms with Crippen LogP contribution >= 0.6 is 23.1 Å². The maximum atomic E-state index is 5.53. The van der Waals surface area contributed by atoms with Gasteiger partial charge in [0.15, 0.2) is 5.96 Å². The molecule has 0 spiro atoms. The summed E-state index contributed by atoms with van der Waals surface area (Å²) in [7, 11) is 1.83. The molecule has 0 aromatic carbocycles. The van der Waals surface area contributed by atoms with Crippen molar-refractivity contribution in [2.24, 2.45) is 4.99 Å². The van der Waals surface area contributed by atoms with E-state index in [-0.39, 0.29) is 4.75 Å². The van der Waals surface area contributed by atoms with Crippen LogP contribution in [0.3, 0.4) is 0 Å². The maximum absolute atomic E-state index is 5.53. The van der Waals surface area contributed by atoms with Gasteiger partial charge in [0.05, 0.1) is 6.54 Å². The van der Waals surface area contributed by atoms with Gasteiger partial charge >= 0.3 is 0 Å². The van der Waals surface area contributed by atoms with Crippen molar-refractivity contribution in [3.8, 4) is 0 Å². The van der Waals surface area contributed by atoms with Gasteiger partial charge in [0, 0.05) is 36.4 Å². The van der Waals surface area contributed by atoms with E-state index in [0.29, 0.717) is 0 Å². The van der Waals surface area contributed by atoms with Gasteiger partial charge in [0.25, 0.3) is 0 Å². The first-order valence-electron chi connectivity index (χ1n) is 7.88. The molecular weight excluding hydrogens is 314 g/mol. The van der Waals surface area contributed by atoms with Crippen molar-refractivity contribution in [1.29, 1.82) is 0 Å². The van der Waals surface area contributed by atoms with Gasteiger partial charge in [-0.3, -0.25) is 4.99 Å². The Morgan fingerprint density at radius 3 is 2.77 bits per heavy atom. The number of rotatable bonds is 6. The lowest BCUT2D eigenvalue weighted by Crippen LogP contribution is -2.48. The molecule has 4 nitrogen and oxygen atoms in total. The molecule has 1 aliphatic rings. The number of hydrogen-bond acceptors (Lipinski definition) is 4.